The van der Waals surface area contributed by atoms with Crippen molar-refractivity contribution < 1.29 is 9.59 Å². The minimum Gasteiger partial charge on any atom is -0.366 e. The van der Waals surface area contributed by atoms with Crippen LogP contribution in [0.15, 0.2) is 49.8 Å². The third-order valence-corrected chi connectivity index (χ3v) is 8.69. The van der Waals surface area contributed by atoms with Crippen LogP contribution in [0, 0.1) is 0 Å². The van der Waals surface area contributed by atoms with Crippen molar-refractivity contribution >= 4 is 34.5 Å². The number of amides is 2. The number of hydrogen-bond acceptors (Lipinski definition) is 8. The van der Waals surface area contributed by atoms with Gasteiger partial charge in [0.2, 0.25) is 11.8 Å². The molecule has 0 aliphatic carbocycles. The number of likely N-dealkylation sites (tertiary alicyclic amines) is 2. The number of H-pyrrole nitrogens is 1. The van der Waals surface area contributed by atoms with Gasteiger partial charge in [0.15, 0.2) is 5.82 Å². The van der Waals surface area contributed by atoms with E-state index in [4.69, 9.17) is 0 Å². The molecule has 0 radical (unpaired) electrons. The highest BCUT2D eigenvalue weighted by Crippen LogP contribution is 2.30. The number of fused-ring (bicyclic) bond motifs is 2. The summed E-state index contributed by atoms with van der Waals surface area (Å²) in [7, 11) is 0. The molecule has 12 nitrogen and oxygen atoms in total. The number of rotatable bonds is 8. The third kappa shape index (κ3) is 5.53. The highest BCUT2D eigenvalue weighted by molar-refractivity contribution is 5.88. The molecule has 6 heterocycles. The summed E-state index contributed by atoms with van der Waals surface area (Å²) in [5, 5.41) is 8.16. The van der Waals surface area contributed by atoms with E-state index >= 15 is 0 Å². The van der Waals surface area contributed by atoms with Crippen LogP contribution in [0.1, 0.15) is 46.0 Å². The molecule has 4 aliphatic rings. The molecule has 0 spiro atoms. The number of aromatic nitrogens is 6. The van der Waals surface area contributed by atoms with Crippen LogP contribution < -0.4 is 10.6 Å². The summed E-state index contributed by atoms with van der Waals surface area (Å²) in [4.78, 5) is 50.7. The van der Waals surface area contributed by atoms with Crippen LogP contribution in [-0.4, -0.2) is 88.4 Å². The van der Waals surface area contributed by atoms with E-state index in [9.17, 15) is 9.59 Å². The highest BCUT2D eigenvalue weighted by Gasteiger charge is 2.31. The predicted octanol–water partition coefficient (Wildman–Crippen LogP) is 3.51. The van der Waals surface area contributed by atoms with Gasteiger partial charge in [0.1, 0.15) is 23.6 Å². The summed E-state index contributed by atoms with van der Waals surface area (Å²) in [5.74, 6) is 2.37. The maximum absolute atomic E-state index is 13.6. The van der Waals surface area contributed by atoms with Crippen LogP contribution in [0.25, 0.3) is 22.4 Å². The highest BCUT2D eigenvalue weighted by atomic mass is 16.2. The zero-order valence-corrected chi connectivity index (χ0v) is 24.2. The monoisotopic (exact) mass is 570 g/mol. The average molecular weight is 571 g/mol. The van der Waals surface area contributed by atoms with Crippen molar-refractivity contribution in [1.29, 1.82) is 0 Å². The SMILES string of the molecule is C=CC(=O)N1C[C@H](Nc2c3ccnc-3ncn2CCC(=O)N2C[C@H](Nc3ncnc4[nH]ccc34)CC[C@@H]2C)CC[C@@H]1C. The first kappa shape index (κ1) is 27.7. The van der Waals surface area contributed by atoms with Gasteiger partial charge in [0.05, 0.1) is 17.3 Å². The maximum Gasteiger partial charge on any atom is 0.246 e. The second-order valence-corrected chi connectivity index (χ2v) is 11.5. The van der Waals surface area contributed by atoms with Gasteiger partial charge in [-0.25, -0.2) is 19.9 Å². The van der Waals surface area contributed by atoms with Crippen LogP contribution in [0.3, 0.4) is 0 Å². The summed E-state index contributed by atoms with van der Waals surface area (Å²) >= 11 is 0. The molecule has 2 aromatic heterocycles. The quantitative estimate of drug-likeness (QED) is 0.274. The van der Waals surface area contributed by atoms with Crippen molar-refractivity contribution in [3.63, 3.8) is 0 Å². The van der Waals surface area contributed by atoms with E-state index in [1.807, 2.05) is 32.7 Å². The molecule has 2 amide bonds. The molecule has 2 aromatic rings. The summed E-state index contributed by atoms with van der Waals surface area (Å²) < 4.78 is 2.01. The molecule has 4 atom stereocenters. The fourth-order valence-electron chi connectivity index (χ4n) is 6.24. The van der Waals surface area contributed by atoms with E-state index < -0.39 is 0 Å². The summed E-state index contributed by atoms with van der Waals surface area (Å²) in [6.07, 6.45) is 12.3. The van der Waals surface area contributed by atoms with E-state index in [2.05, 4.69) is 56.0 Å². The lowest BCUT2D eigenvalue weighted by molar-refractivity contribution is -0.135. The lowest BCUT2D eigenvalue weighted by Gasteiger charge is -2.39. The van der Waals surface area contributed by atoms with Gasteiger partial charge >= 0.3 is 0 Å². The van der Waals surface area contributed by atoms with Crippen molar-refractivity contribution in [2.75, 3.05) is 23.7 Å². The Bertz CT molecular complexity index is 1550. The largest absolute Gasteiger partial charge is 0.366 e. The Morgan fingerprint density at radius 2 is 1.76 bits per heavy atom. The number of nitrogens with zero attached hydrogens (tertiary/aromatic N) is 7. The molecule has 0 unspecified atom stereocenters. The standard InChI is InChI=1S/C30H38N10O2/c1-4-25(41)39-16-22(8-6-19(39)2)37-30-24-10-13-32-28(24)35-18-38(30)14-11-26(42)40-15-21(7-5-20(40)3)36-29-23-9-12-31-27(23)33-17-34-29/h4,9-10,12-13,17-22,37H,1,5-8,11,14-16H2,2-3H3,(H2,31,33,34,36)/t19-,20-,21+,22+/m0/s1. The minimum absolute atomic E-state index is 0.0528. The fourth-order valence-corrected chi connectivity index (χ4v) is 6.24. The molecule has 2 fully saturated rings. The number of aryl methyl sites for hydroxylation is 1. The molecule has 12 heteroatoms. The van der Waals surface area contributed by atoms with Crippen LogP contribution in [-0.2, 0) is 16.1 Å². The molecule has 4 aliphatic heterocycles. The van der Waals surface area contributed by atoms with Gasteiger partial charge in [-0.15, -0.1) is 0 Å². The van der Waals surface area contributed by atoms with Crippen molar-refractivity contribution in [1.82, 2.24) is 39.3 Å². The van der Waals surface area contributed by atoms with Crippen LogP contribution in [0.4, 0.5) is 11.6 Å². The predicted molar refractivity (Wildman–Crippen MR) is 161 cm³/mol. The molecule has 0 aromatic carbocycles. The lowest BCUT2D eigenvalue weighted by atomic mass is 9.98. The van der Waals surface area contributed by atoms with Gasteiger partial charge in [0.25, 0.3) is 0 Å². The first-order chi connectivity index (χ1) is 20.4. The lowest BCUT2D eigenvalue weighted by Crippen LogP contribution is -2.50. The van der Waals surface area contributed by atoms with E-state index in [0.717, 1.165) is 53.9 Å². The minimum atomic E-state index is -0.0528. The average Bonchev–Trinajstić information content (AvgIpc) is 3.68. The van der Waals surface area contributed by atoms with Crippen molar-refractivity contribution in [3.8, 4) is 11.4 Å². The van der Waals surface area contributed by atoms with Crippen molar-refractivity contribution in [2.45, 2.75) is 76.7 Å². The summed E-state index contributed by atoms with van der Waals surface area (Å²) in [6, 6.07) is 4.41. The fraction of sp³-hybridized carbons (Fsp3) is 0.467. The summed E-state index contributed by atoms with van der Waals surface area (Å²) in [6.45, 7) is 9.54. The molecular formula is C30H38N10O2. The van der Waals surface area contributed by atoms with Crippen LogP contribution >= 0.6 is 0 Å². The Labute approximate surface area is 245 Å². The number of piperidine rings is 2. The van der Waals surface area contributed by atoms with Gasteiger partial charge in [-0.05, 0) is 57.7 Å². The Hall–Kier alpha value is -4.48. The number of carbonyl (C=O) groups excluding carboxylic acids is 2. The van der Waals surface area contributed by atoms with E-state index in [0.29, 0.717) is 31.9 Å². The smallest absolute Gasteiger partial charge is 0.246 e. The molecule has 6 rings (SSSR count). The second kappa shape index (κ2) is 11.8. The van der Waals surface area contributed by atoms with Gasteiger partial charge in [-0.3, -0.25) is 9.59 Å². The molecule has 2 saturated heterocycles. The first-order valence-corrected chi connectivity index (χ1v) is 14.7. The molecule has 42 heavy (non-hydrogen) atoms. The van der Waals surface area contributed by atoms with Gasteiger partial charge in [-0.1, -0.05) is 6.58 Å². The van der Waals surface area contributed by atoms with Crippen LogP contribution in [0.5, 0.6) is 0 Å². The molecule has 0 saturated carbocycles. The number of aromatic amines is 1. The molecular weight excluding hydrogens is 532 g/mol. The summed E-state index contributed by atoms with van der Waals surface area (Å²) in [5.41, 5.74) is 1.70. The second-order valence-electron chi connectivity index (χ2n) is 11.5. The Morgan fingerprint density at radius 1 is 1.00 bits per heavy atom. The molecule has 0 bridgehead atoms. The van der Waals surface area contributed by atoms with Crippen molar-refractivity contribution in [2.24, 2.45) is 0 Å². The topological polar surface area (TPSA) is 137 Å². The normalized spacial score (nSPS) is 22.8. The molecule has 3 N–H and O–H groups in total. The number of nitrogens with one attached hydrogen (secondary N) is 3. The number of anilines is 2. The zero-order chi connectivity index (χ0) is 29.2. The Balaban J connectivity index is 1.14. The van der Waals surface area contributed by atoms with Gasteiger partial charge in [0, 0.05) is 62.6 Å². The number of carbonyl (C=O) groups is 2. The third-order valence-electron chi connectivity index (χ3n) is 8.69. The van der Waals surface area contributed by atoms with Gasteiger partial charge < -0.3 is 30.0 Å². The van der Waals surface area contributed by atoms with E-state index in [-0.39, 0.29) is 36.0 Å². The zero-order valence-electron chi connectivity index (χ0n) is 24.2. The van der Waals surface area contributed by atoms with Crippen molar-refractivity contribution in [3.05, 3.63) is 49.8 Å². The maximum atomic E-state index is 13.6. The number of hydrogen-bond donors (Lipinski definition) is 3. The van der Waals surface area contributed by atoms with Gasteiger partial charge in [-0.2, -0.15) is 0 Å². The van der Waals surface area contributed by atoms with Crippen LogP contribution in [0.2, 0.25) is 0 Å². The Kier molecular flexibility index (Phi) is 7.77. The van der Waals surface area contributed by atoms with E-state index in [1.54, 1.807) is 18.9 Å². The van der Waals surface area contributed by atoms with E-state index in [1.165, 1.54) is 6.08 Å². The molecule has 220 valence electrons. The Morgan fingerprint density at radius 3 is 2.57 bits per heavy atom. The first-order valence-electron chi connectivity index (χ1n) is 14.7.